The fourth-order valence-corrected chi connectivity index (χ4v) is 1.67. The number of halogens is 1. The summed E-state index contributed by atoms with van der Waals surface area (Å²) in [7, 11) is 0. The van der Waals surface area contributed by atoms with Gasteiger partial charge in [0.05, 0.1) is 17.9 Å². The first-order chi connectivity index (χ1) is 7.65. The number of aryl methyl sites for hydroxylation is 2. The van der Waals surface area contributed by atoms with Crippen LogP contribution in [0.25, 0.3) is 0 Å². The van der Waals surface area contributed by atoms with Gasteiger partial charge < -0.3 is 9.73 Å². The molecule has 2 aromatic heterocycles. The lowest BCUT2D eigenvalue weighted by molar-refractivity contribution is 0.490. The second-order valence-corrected chi connectivity index (χ2v) is 4.02. The minimum absolute atomic E-state index is 0.511. The first-order valence-corrected chi connectivity index (χ1v) is 5.45. The third kappa shape index (κ3) is 2.55. The van der Waals surface area contributed by atoms with E-state index in [2.05, 4.69) is 10.3 Å². The van der Waals surface area contributed by atoms with E-state index >= 15 is 0 Å². The lowest BCUT2D eigenvalue weighted by Gasteiger charge is -2.07. The maximum Gasteiger partial charge on any atom is 0.129 e. The van der Waals surface area contributed by atoms with Crippen molar-refractivity contribution in [3.05, 3.63) is 46.6 Å². The smallest absolute Gasteiger partial charge is 0.129 e. The molecule has 84 valence electrons. The van der Waals surface area contributed by atoms with Gasteiger partial charge in [-0.1, -0.05) is 11.6 Å². The van der Waals surface area contributed by atoms with Gasteiger partial charge in [0.1, 0.15) is 16.7 Å². The van der Waals surface area contributed by atoms with Crippen molar-refractivity contribution in [1.29, 1.82) is 0 Å². The van der Waals surface area contributed by atoms with Crippen LogP contribution in [0, 0.1) is 13.8 Å². The summed E-state index contributed by atoms with van der Waals surface area (Å²) in [4.78, 5) is 4.16. The van der Waals surface area contributed by atoms with Crippen molar-refractivity contribution >= 4 is 17.3 Å². The highest BCUT2D eigenvalue weighted by Gasteiger charge is 2.02. The fourth-order valence-electron chi connectivity index (χ4n) is 1.48. The maximum absolute atomic E-state index is 5.78. The van der Waals surface area contributed by atoms with Crippen molar-refractivity contribution in [1.82, 2.24) is 4.98 Å². The van der Waals surface area contributed by atoms with E-state index in [-0.39, 0.29) is 0 Å². The van der Waals surface area contributed by atoms with E-state index in [9.17, 15) is 0 Å². The molecule has 0 amide bonds. The zero-order valence-corrected chi connectivity index (χ0v) is 10.0. The van der Waals surface area contributed by atoms with Gasteiger partial charge in [-0.25, -0.2) is 4.98 Å². The Balaban J connectivity index is 2.04. The van der Waals surface area contributed by atoms with Gasteiger partial charge in [-0.3, -0.25) is 0 Å². The second-order valence-electron chi connectivity index (χ2n) is 3.63. The molecule has 0 bridgehead atoms. The average Bonchev–Trinajstić information content (AvgIpc) is 2.63. The van der Waals surface area contributed by atoms with Crippen LogP contribution in [-0.4, -0.2) is 4.98 Å². The van der Waals surface area contributed by atoms with Crippen LogP contribution in [0.2, 0.25) is 5.15 Å². The van der Waals surface area contributed by atoms with Crippen molar-refractivity contribution in [3.8, 4) is 0 Å². The Hall–Kier alpha value is -1.48. The first kappa shape index (κ1) is 11.0. The third-order valence-electron chi connectivity index (χ3n) is 2.30. The molecule has 2 rings (SSSR count). The molecule has 16 heavy (non-hydrogen) atoms. The Bertz CT molecular complexity index is 494. The third-order valence-corrected chi connectivity index (χ3v) is 2.51. The van der Waals surface area contributed by atoms with Gasteiger partial charge in [0, 0.05) is 0 Å². The summed E-state index contributed by atoms with van der Waals surface area (Å²) in [6.45, 7) is 4.50. The van der Waals surface area contributed by atoms with Crippen LogP contribution in [0.1, 0.15) is 17.2 Å². The SMILES string of the molecule is Cc1ccc(CNc2ccc(Cl)nc2C)o1. The van der Waals surface area contributed by atoms with Crippen LogP contribution in [0.3, 0.4) is 0 Å². The number of furan rings is 1. The molecule has 0 saturated carbocycles. The monoisotopic (exact) mass is 236 g/mol. The highest BCUT2D eigenvalue weighted by atomic mass is 35.5. The topological polar surface area (TPSA) is 38.1 Å². The van der Waals surface area contributed by atoms with E-state index in [1.807, 2.05) is 32.0 Å². The number of nitrogens with zero attached hydrogens (tertiary/aromatic N) is 1. The minimum Gasteiger partial charge on any atom is -0.465 e. The summed E-state index contributed by atoms with van der Waals surface area (Å²) in [5.41, 5.74) is 1.86. The normalized spacial score (nSPS) is 10.4. The van der Waals surface area contributed by atoms with Crippen molar-refractivity contribution in [3.63, 3.8) is 0 Å². The number of pyridine rings is 1. The number of anilines is 1. The van der Waals surface area contributed by atoms with Crippen LogP contribution in [0.4, 0.5) is 5.69 Å². The van der Waals surface area contributed by atoms with E-state index in [4.69, 9.17) is 16.0 Å². The standard InChI is InChI=1S/C12H13ClN2O/c1-8-3-4-10(16-8)7-14-11-5-6-12(13)15-9(11)2/h3-6,14H,7H2,1-2H3. The number of hydrogen-bond acceptors (Lipinski definition) is 3. The molecular weight excluding hydrogens is 224 g/mol. The molecule has 4 heteroatoms. The van der Waals surface area contributed by atoms with Crippen LogP contribution < -0.4 is 5.32 Å². The summed E-state index contributed by atoms with van der Waals surface area (Å²) in [5.74, 6) is 1.83. The highest BCUT2D eigenvalue weighted by molar-refractivity contribution is 6.29. The predicted octanol–water partition coefficient (Wildman–Crippen LogP) is 3.56. The minimum atomic E-state index is 0.511. The molecule has 0 spiro atoms. The molecule has 2 heterocycles. The Morgan fingerprint density at radius 3 is 2.69 bits per heavy atom. The van der Waals surface area contributed by atoms with Crippen LogP contribution in [0.5, 0.6) is 0 Å². The highest BCUT2D eigenvalue weighted by Crippen LogP contribution is 2.17. The van der Waals surface area contributed by atoms with E-state index < -0.39 is 0 Å². The van der Waals surface area contributed by atoms with Gasteiger partial charge in [0.25, 0.3) is 0 Å². The average molecular weight is 237 g/mol. The Labute approximate surface area is 99.5 Å². The summed E-state index contributed by atoms with van der Waals surface area (Å²) in [5, 5.41) is 3.77. The lowest BCUT2D eigenvalue weighted by Crippen LogP contribution is -2.01. The van der Waals surface area contributed by atoms with E-state index in [1.165, 1.54) is 0 Å². The quantitative estimate of drug-likeness (QED) is 0.829. The number of hydrogen-bond donors (Lipinski definition) is 1. The van der Waals surface area contributed by atoms with Gasteiger partial charge in [0.15, 0.2) is 0 Å². The summed E-state index contributed by atoms with van der Waals surface area (Å²) in [6, 6.07) is 7.59. The molecule has 3 nitrogen and oxygen atoms in total. The van der Waals surface area contributed by atoms with E-state index in [0.717, 1.165) is 22.9 Å². The van der Waals surface area contributed by atoms with Crippen molar-refractivity contribution in [2.45, 2.75) is 20.4 Å². The van der Waals surface area contributed by atoms with Gasteiger partial charge >= 0.3 is 0 Å². The summed E-state index contributed by atoms with van der Waals surface area (Å²) >= 11 is 5.78. The number of aromatic nitrogens is 1. The Kier molecular flexibility index (Phi) is 3.15. The fraction of sp³-hybridized carbons (Fsp3) is 0.250. The van der Waals surface area contributed by atoms with Gasteiger partial charge in [-0.05, 0) is 38.1 Å². The number of rotatable bonds is 3. The molecule has 0 saturated heterocycles. The van der Waals surface area contributed by atoms with Crippen molar-refractivity contribution < 1.29 is 4.42 Å². The summed E-state index contributed by atoms with van der Waals surface area (Å²) in [6.07, 6.45) is 0. The molecule has 0 aromatic carbocycles. The predicted molar refractivity (Wildman–Crippen MR) is 64.8 cm³/mol. The van der Waals surface area contributed by atoms with Crippen molar-refractivity contribution in [2.75, 3.05) is 5.32 Å². The molecule has 0 aliphatic heterocycles. The molecule has 1 N–H and O–H groups in total. The van der Waals surface area contributed by atoms with Crippen LogP contribution in [-0.2, 0) is 6.54 Å². The molecule has 0 unspecified atom stereocenters. The molecule has 0 aliphatic carbocycles. The molecule has 0 fully saturated rings. The van der Waals surface area contributed by atoms with Crippen molar-refractivity contribution in [2.24, 2.45) is 0 Å². The zero-order chi connectivity index (χ0) is 11.5. The Morgan fingerprint density at radius 2 is 2.06 bits per heavy atom. The van der Waals surface area contributed by atoms with Gasteiger partial charge in [-0.2, -0.15) is 0 Å². The zero-order valence-electron chi connectivity index (χ0n) is 9.25. The first-order valence-electron chi connectivity index (χ1n) is 5.07. The van der Waals surface area contributed by atoms with Gasteiger partial charge in [-0.15, -0.1) is 0 Å². The molecule has 2 aromatic rings. The lowest BCUT2D eigenvalue weighted by atomic mass is 10.3. The van der Waals surface area contributed by atoms with Crippen LogP contribution >= 0.6 is 11.6 Å². The Morgan fingerprint density at radius 1 is 1.25 bits per heavy atom. The van der Waals surface area contributed by atoms with Crippen LogP contribution in [0.15, 0.2) is 28.7 Å². The maximum atomic E-state index is 5.78. The molecule has 0 radical (unpaired) electrons. The number of nitrogens with one attached hydrogen (secondary N) is 1. The van der Waals surface area contributed by atoms with Gasteiger partial charge in [0.2, 0.25) is 0 Å². The molecular formula is C12H13ClN2O. The largest absolute Gasteiger partial charge is 0.465 e. The molecule has 0 aliphatic rings. The molecule has 0 atom stereocenters. The summed E-state index contributed by atoms with van der Waals surface area (Å²) < 4.78 is 5.46. The second kappa shape index (κ2) is 4.58. The van der Waals surface area contributed by atoms with E-state index in [0.29, 0.717) is 11.7 Å². The van der Waals surface area contributed by atoms with E-state index in [1.54, 1.807) is 6.07 Å².